The van der Waals surface area contributed by atoms with Crippen molar-refractivity contribution < 1.29 is 14.5 Å². The van der Waals surface area contributed by atoms with E-state index in [4.69, 9.17) is 0 Å². The Balaban J connectivity index is 1.96. The van der Waals surface area contributed by atoms with Crippen LogP contribution in [0.2, 0.25) is 0 Å². The molecular weight excluding hydrogens is 288 g/mol. The average molecular weight is 306 g/mol. The maximum absolute atomic E-state index is 12.4. The topological polar surface area (TPSA) is 95.8 Å². The van der Waals surface area contributed by atoms with Crippen molar-refractivity contribution in [3.63, 3.8) is 0 Å². The van der Waals surface area contributed by atoms with Gasteiger partial charge >= 0.3 is 0 Å². The fraction of sp³-hybridized carbons (Fsp3) is 0.429. The molecule has 1 aliphatic heterocycles. The number of nitro groups is 1. The first-order chi connectivity index (χ1) is 10.5. The number of non-ortho nitro benzene ring substituents is 1. The van der Waals surface area contributed by atoms with Crippen LogP contribution in [0.15, 0.2) is 24.3 Å². The molecule has 118 valence electrons. The molecule has 0 saturated carbocycles. The largest absolute Gasteiger partial charge is 0.358 e. The van der Waals surface area contributed by atoms with Crippen molar-refractivity contribution in [2.75, 3.05) is 39.8 Å². The highest BCUT2D eigenvalue weighted by atomic mass is 16.6. The van der Waals surface area contributed by atoms with E-state index in [1.807, 2.05) is 4.90 Å². The van der Waals surface area contributed by atoms with E-state index in [1.165, 1.54) is 18.2 Å². The molecule has 0 bridgehead atoms. The predicted octanol–water partition coefficient (Wildman–Crippen LogP) is 0.0986. The number of nitro benzene ring substituents is 1. The highest BCUT2D eigenvalue weighted by Crippen LogP contribution is 2.15. The molecule has 0 aliphatic carbocycles. The number of likely N-dealkylation sites (N-methyl/N-ethyl adjacent to an activating group) is 1. The van der Waals surface area contributed by atoms with E-state index >= 15 is 0 Å². The van der Waals surface area contributed by atoms with Gasteiger partial charge in [0.05, 0.1) is 11.5 Å². The van der Waals surface area contributed by atoms with Crippen LogP contribution in [0, 0.1) is 10.1 Å². The number of amides is 2. The van der Waals surface area contributed by atoms with Crippen LogP contribution in [-0.2, 0) is 4.79 Å². The summed E-state index contributed by atoms with van der Waals surface area (Å²) < 4.78 is 0. The Kier molecular flexibility index (Phi) is 5.05. The molecule has 8 nitrogen and oxygen atoms in total. The third-order valence-electron chi connectivity index (χ3n) is 3.61. The maximum atomic E-state index is 12.4. The van der Waals surface area contributed by atoms with Crippen LogP contribution >= 0.6 is 0 Å². The number of hydrogen-bond acceptors (Lipinski definition) is 5. The second-order valence-corrected chi connectivity index (χ2v) is 5.05. The van der Waals surface area contributed by atoms with Gasteiger partial charge in [0.1, 0.15) is 0 Å². The Morgan fingerprint density at radius 2 is 1.95 bits per heavy atom. The molecule has 2 amide bonds. The van der Waals surface area contributed by atoms with Crippen LogP contribution in [0.4, 0.5) is 5.69 Å². The zero-order valence-corrected chi connectivity index (χ0v) is 12.3. The van der Waals surface area contributed by atoms with E-state index in [1.54, 1.807) is 18.0 Å². The van der Waals surface area contributed by atoms with Gasteiger partial charge in [-0.25, -0.2) is 0 Å². The van der Waals surface area contributed by atoms with Crippen molar-refractivity contribution in [3.05, 3.63) is 39.9 Å². The zero-order chi connectivity index (χ0) is 16.1. The van der Waals surface area contributed by atoms with Gasteiger partial charge in [0.15, 0.2) is 0 Å². The summed E-state index contributed by atoms with van der Waals surface area (Å²) in [6.07, 6.45) is 0. The third kappa shape index (κ3) is 3.79. The van der Waals surface area contributed by atoms with Gasteiger partial charge < -0.3 is 10.2 Å². The minimum atomic E-state index is -0.516. The Bertz CT molecular complexity index is 582. The number of nitrogens with one attached hydrogen (secondary N) is 1. The normalized spacial score (nSPS) is 15.4. The highest BCUT2D eigenvalue weighted by Gasteiger charge is 2.23. The van der Waals surface area contributed by atoms with E-state index in [-0.39, 0.29) is 17.5 Å². The Hall–Kier alpha value is -2.48. The number of carbonyl (C=O) groups excluding carboxylic acids is 2. The number of carbonyl (C=O) groups is 2. The minimum absolute atomic E-state index is 0.0570. The van der Waals surface area contributed by atoms with Crippen LogP contribution < -0.4 is 5.32 Å². The lowest BCUT2D eigenvalue weighted by Crippen LogP contribution is -2.50. The van der Waals surface area contributed by atoms with Crippen LogP contribution in [0.5, 0.6) is 0 Å². The van der Waals surface area contributed by atoms with Crippen molar-refractivity contribution >= 4 is 17.5 Å². The van der Waals surface area contributed by atoms with Gasteiger partial charge in [0.2, 0.25) is 5.91 Å². The van der Waals surface area contributed by atoms with Gasteiger partial charge in [-0.2, -0.15) is 0 Å². The van der Waals surface area contributed by atoms with Gasteiger partial charge in [-0.3, -0.25) is 24.6 Å². The number of benzene rings is 1. The number of piperazine rings is 1. The van der Waals surface area contributed by atoms with Crippen molar-refractivity contribution in [1.82, 2.24) is 15.1 Å². The highest BCUT2D eigenvalue weighted by molar-refractivity contribution is 5.95. The lowest BCUT2D eigenvalue weighted by atomic mass is 10.1. The fourth-order valence-corrected chi connectivity index (χ4v) is 2.33. The van der Waals surface area contributed by atoms with Crippen molar-refractivity contribution in [2.24, 2.45) is 0 Å². The van der Waals surface area contributed by atoms with E-state index in [2.05, 4.69) is 5.32 Å². The molecule has 1 aromatic rings. The quantitative estimate of drug-likeness (QED) is 0.628. The second kappa shape index (κ2) is 6.99. The molecule has 0 aromatic heterocycles. The first-order valence-corrected chi connectivity index (χ1v) is 6.98. The van der Waals surface area contributed by atoms with Crippen LogP contribution in [0.3, 0.4) is 0 Å². The maximum Gasteiger partial charge on any atom is 0.270 e. The Labute approximate surface area is 127 Å². The summed E-state index contributed by atoms with van der Waals surface area (Å²) in [5.41, 5.74) is 0.220. The molecule has 0 atom stereocenters. The molecule has 0 unspecified atom stereocenters. The predicted molar refractivity (Wildman–Crippen MR) is 79.5 cm³/mol. The number of hydrogen-bond donors (Lipinski definition) is 1. The number of rotatable bonds is 4. The molecule has 1 aliphatic rings. The molecule has 8 heteroatoms. The molecule has 2 rings (SSSR count). The standard InChI is InChI=1S/C14H18N4O4/c1-15-13(19)10-16-5-7-17(8-6-16)14(20)11-3-2-4-12(9-11)18(21)22/h2-4,9H,5-8,10H2,1H3,(H,15,19). The Morgan fingerprint density at radius 3 is 2.55 bits per heavy atom. The lowest BCUT2D eigenvalue weighted by Gasteiger charge is -2.34. The average Bonchev–Trinajstić information content (AvgIpc) is 2.55. The molecule has 22 heavy (non-hydrogen) atoms. The summed E-state index contributed by atoms with van der Waals surface area (Å²) in [6, 6.07) is 5.73. The third-order valence-corrected chi connectivity index (χ3v) is 3.61. The minimum Gasteiger partial charge on any atom is -0.358 e. The Morgan fingerprint density at radius 1 is 1.27 bits per heavy atom. The molecule has 0 radical (unpaired) electrons. The van der Waals surface area contributed by atoms with Crippen molar-refractivity contribution in [3.8, 4) is 0 Å². The van der Waals surface area contributed by atoms with Gasteiger partial charge in [0, 0.05) is 50.9 Å². The van der Waals surface area contributed by atoms with E-state index in [0.29, 0.717) is 38.3 Å². The van der Waals surface area contributed by atoms with Gasteiger partial charge in [-0.1, -0.05) is 6.07 Å². The van der Waals surface area contributed by atoms with Gasteiger partial charge in [-0.15, -0.1) is 0 Å². The first-order valence-electron chi connectivity index (χ1n) is 6.98. The smallest absolute Gasteiger partial charge is 0.270 e. The molecule has 0 spiro atoms. The fourth-order valence-electron chi connectivity index (χ4n) is 2.33. The van der Waals surface area contributed by atoms with Gasteiger partial charge in [-0.05, 0) is 6.07 Å². The first kappa shape index (κ1) is 15.9. The second-order valence-electron chi connectivity index (χ2n) is 5.05. The lowest BCUT2D eigenvalue weighted by molar-refractivity contribution is -0.384. The zero-order valence-electron chi connectivity index (χ0n) is 12.3. The summed E-state index contributed by atoms with van der Waals surface area (Å²) in [7, 11) is 1.59. The van der Waals surface area contributed by atoms with Crippen molar-refractivity contribution in [1.29, 1.82) is 0 Å². The summed E-state index contributed by atoms with van der Waals surface area (Å²) in [5, 5.41) is 13.3. The summed E-state index contributed by atoms with van der Waals surface area (Å²) >= 11 is 0. The molecular formula is C14H18N4O4. The monoisotopic (exact) mass is 306 g/mol. The summed E-state index contributed by atoms with van der Waals surface area (Å²) in [5.74, 6) is -0.276. The number of nitrogens with zero attached hydrogens (tertiary/aromatic N) is 3. The van der Waals surface area contributed by atoms with Crippen molar-refractivity contribution in [2.45, 2.75) is 0 Å². The van der Waals surface area contributed by atoms with E-state index in [9.17, 15) is 19.7 Å². The van der Waals surface area contributed by atoms with Gasteiger partial charge in [0.25, 0.3) is 11.6 Å². The van der Waals surface area contributed by atoms with E-state index < -0.39 is 4.92 Å². The van der Waals surface area contributed by atoms with Crippen LogP contribution in [0.25, 0.3) is 0 Å². The molecule has 1 fully saturated rings. The molecule has 1 aromatic carbocycles. The molecule has 1 N–H and O–H groups in total. The van der Waals surface area contributed by atoms with Crippen LogP contribution in [0.1, 0.15) is 10.4 Å². The molecule has 1 saturated heterocycles. The summed E-state index contributed by atoms with van der Waals surface area (Å²) in [4.78, 5) is 37.6. The summed E-state index contributed by atoms with van der Waals surface area (Å²) in [6.45, 7) is 2.52. The SMILES string of the molecule is CNC(=O)CN1CCN(C(=O)c2cccc([N+](=O)[O-])c2)CC1. The molecule has 1 heterocycles. The van der Waals surface area contributed by atoms with Crippen LogP contribution in [-0.4, -0.2) is 66.3 Å². The van der Waals surface area contributed by atoms with E-state index in [0.717, 1.165) is 0 Å².